The molecule has 140 valence electrons. The summed E-state index contributed by atoms with van der Waals surface area (Å²) in [5, 5.41) is 7.37. The van der Waals surface area contributed by atoms with Gasteiger partial charge in [-0.3, -0.25) is 4.79 Å². The zero-order valence-electron chi connectivity index (χ0n) is 15.1. The van der Waals surface area contributed by atoms with Gasteiger partial charge in [0.2, 0.25) is 5.91 Å². The molecule has 0 saturated heterocycles. The van der Waals surface area contributed by atoms with E-state index in [1.165, 1.54) is 12.0 Å². The lowest BCUT2D eigenvalue weighted by Crippen LogP contribution is -2.49. The highest BCUT2D eigenvalue weighted by molar-refractivity contribution is 14.0. The van der Waals surface area contributed by atoms with Gasteiger partial charge in [-0.05, 0) is 37.5 Å². The fourth-order valence-corrected chi connectivity index (χ4v) is 2.98. The third-order valence-electron chi connectivity index (χ3n) is 4.58. The number of halogens is 2. The lowest BCUT2D eigenvalue weighted by Gasteiger charge is -2.43. The Morgan fingerprint density at radius 3 is 2.36 bits per heavy atom. The van der Waals surface area contributed by atoms with Crippen LogP contribution in [0.1, 0.15) is 31.7 Å². The van der Waals surface area contributed by atoms with Crippen molar-refractivity contribution in [3.63, 3.8) is 0 Å². The topological polar surface area (TPSA) is 56.7 Å². The first-order valence-electron chi connectivity index (χ1n) is 8.45. The predicted molar refractivity (Wildman–Crippen MR) is 115 cm³/mol. The number of benzene rings is 1. The van der Waals surface area contributed by atoms with Crippen LogP contribution in [0, 0.1) is 0 Å². The van der Waals surface area contributed by atoms with Crippen LogP contribution < -0.4 is 10.6 Å². The van der Waals surface area contributed by atoms with Gasteiger partial charge in [0.1, 0.15) is 6.54 Å². The molecule has 0 spiro atoms. The van der Waals surface area contributed by atoms with Gasteiger partial charge in [0.25, 0.3) is 0 Å². The van der Waals surface area contributed by atoms with E-state index in [-0.39, 0.29) is 41.8 Å². The summed E-state index contributed by atoms with van der Waals surface area (Å²) in [7, 11) is 3.48. The maximum Gasteiger partial charge on any atom is 0.243 e. The second-order valence-electron chi connectivity index (χ2n) is 6.48. The van der Waals surface area contributed by atoms with Crippen molar-refractivity contribution >= 4 is 47.4 Å². The molecule has 1 amide bonds. The van der Waals surface area contributed by atoms with E-state index in [0.717, 1.165) is 31.0 Å². The van der Waals surface area contributed by atoms with Crippen molar-refractivity contribution < 1.29 is 4.79 Å². The maximum atomic E-state index is 11.7. The van der Waals surface area contributed by atoms with E-state index < -0.39 is 0 Å². The Bertz CT molecular complexity index is 585. The second-order valence-corrected chi connectivity index (χ2v) is 6.91. The number of carbonyl (C=O) groups excluding carboxylic acids is 1. The number of likely N-dealkylation sites (N-methyl/N-ethyl adjacent to an activating group) is 1. The smallest absolute Gasteiger partial charge is 0.243 e. The first-order chi connectivity index (χ1) is 11.5. The summed E-state index contributed by atoms with van der Waals surface area (Å²) in [5.41, 5.74) is 1.44. The van der Waals surface area contributed by atoms with E-state index in [1.807, 2.05) is 19.1 Å². The van der Waals surface area contributed by atoms with E-state index in [2.05, 4.69) is 27.8 Å². The summed E-state index contributed by atoms with van der Waals surface area (Å²) in [6, 6.07) is 8.13. The molecule has 1 saturated carbocycles. The van der Waals surface area contributed by atoms with E-state index in [4.69, 9.17) is 11.6 Å². The van der Waals surface area contributed by atoms with Crippen LogP contribution in [0.3, 0.4) is 0 Å². The highest BCUT2D eigenvalue weighted by atomic mass is 127. The molecule has 0 bridgehead atoms. The molecule has 0 heterocycles. The van der Waals surface area contributed by atoms with Gasteiger partial charge in [-0.1, -0.05) is 30.2 Å². The normalized spacial score (nSPS) is 15.6. The fraction of sp³-hybridized carbons (Fsp3) is 0.556. The summed E-state index contributed by atoms with van der Waals surface area (Å²) in [6.07, 6.45) is 3.53. The maximum absolute atomic E-state index is 11.7. The number of amides is 1. The third-order valence-corrected chi connectivity index (χ3v) is 4.83. The molecule has 1 aromatic rings. The van der Waals surface area contributed by atoms with Crippen LogP contribution in [0.15, 0.2) is 29.3 Å². The number of rotatable bonds is 6. The monoisotopic (exact) mass is 478 g/mol. The Kier molecular flexibility index (Phi) is 8.99. The summed E-state index contributed by atoms with van der Waals surface area (Å²) in [5.74, 6) is 0.677. The first-order valence-corrected chi connectivity index (χ1v) is 8.83. The summed E-state index contributed by atoms with van der Waals surface area (Å²) in [6.45, 7) is 3.73. The number of nitrogens with one attached hydrogen (secondary N) is 2. The highest BCUT2D eigenvalue weighted by Crippen LogP contribution is 2.43. The Balaban J connectivity index is 0.00000312. The fourth-order valence-electron chi connectivity index (χ4n) is 2.86. The van der Waals surface area contributed by atoms with Crippen molar-refractivity contribution in [2.24, 2.45) is 4.99 Å². The number of hydrogen-bond acceptors (Lipinski definition) is 2. The second kappa shape index (κ2) is 10.2. The number of guanidine groups is 1. The number of hydrogen-bond donors (Lipinski definition) is 2. The van der Waals surface area contributed by atoms with Gasteiger partial charge >= 0.3 is 0 Å². The lowest BCUT2D eigenvalue weighted by molar-refractivity contribution is -0.127. The third kappa shape index (κ3) is 6.02. The molecule has 0 unspecified atom stereocenters. The van der Waals surface area contributed by atoms with Gasteiger partial charge in [-0.25, -0.2) is 4.99 Å². The number of carbonyl (C=O) groups is 1. The van der Waals surface area contributed by atoms with Crippen LogP contribution in [0.5, 0.6) is 0 Å². The van der Waals surface area contributed by atoms with Crippen molar-refractivity contribution in [3.8, 4) is 0 Å². The van der Waals surface area contributed by atoms with Crippen molar-refractivity contribution in [2.45, 2.75) is 31.6 Å². The minimum atomic E-state index is -0.0109. The molecule has 0 aromatic heterocycles. The largest absolute Gasteiger partial charge is 0.357 e. The van der Waals surface area contributed by atoms with E-state index in [1.54, 1.807) is 19.0 Å². The van der Waals surface area contributed by atoms with Gasteiger partial charge in [0, 0.05) is 37.6 Å². The standard InChI is InChI=1S/C18H27ClN4O.HI/c1-4-20-17(21-12-16(24)23(2)3)22-13-18(10-5-11-18)14-6-8-15(19)9-7-14;/h6-9H,4-5,10-13H2,1-3H3,(H2,20,21,22);1H. The lowest BCUT2D eigenvalue weighted by atomic mass is 9.64. The van der Waals surface area contributed by atoms with Crippen molar-refractivity contribution in [1.29, 1.82) is 0 Å². The Morgan fingerprint density at radius 2 is 1.88 bits per heavy atom. The molecule has 0 radical (unpaired) electrons. The van der Waals surface area contributed by atoms with Crippen LogP contribution in [0.2, 0.25) is 5.02 Å². The van der Waals surface area contributed by atoms with E-state index >= 15 is 0 Å². The Labute approximate surface area is 172 Å². The number of aliphatic imine (C=N–C) groups is 1. The van der Waals surface area contributed by atoms with Crippen LogP contribution in [0.25, 0.3) is 0 Å². The average molecular weight is 479 g/mol. The zero-order valence-corrected chi connectivity index (χ0v) is 18.2. The molecular weight excluding hydrogens is 451 g/mol. The molecule has 1 fully saturated rings. The van der Waals surface area contributed by atoms with Gasteiger partial charge in [-0.15, -0.1) is 24.0 Å². The Morgan fingerprint density at radius 1 is 1.24 bits per heavy atom. The van der Waals surface area contributed by atoms with Crippen molar-refractivity contribution in [3.05, 3.63) is 34.9 Å². The average Bonchev–Trinajstić information content (AvgIpc) is 2.52. The molecule has 1 aliphatic rings. The van der Waals surface area contributed by atoms with Crippen LogP contribution in [-0.4, -0.2) is 50.5 Å². The Hall–Kier alpha value is -1.02. The van der Waals surface area contributed by atoms with Crippen molar-refractivity contribution in [2.75, 3.05) is 33.7 Å². The van der Waals surface area contributed by atoms with Gasteiger partial charge in [-0.2, -0.15) is 0 Å². The molecular formula is C18H28ClIN4O. The van der Waals surface area contributed by atoms with Crippen molar-refractivity contribution in [1.82, 2.24) is 15.5 Å². The highest BCUT2D eigenvalue weighted by Gasteiger charge is 2.38. The quantitative estimate of drug-likeness (QED) is 0.375. The minimum Gasteiger partial charge on any atom is -0.357 e. The summed E-state index contributed by atoms with van der Waals surface area (Å²) >= 11 is 6.01. The SMILES string of the molecule is CCNC(=NCC(=O)N(C)C)NCC1(c2ccc(Cl)cc2)CCC1.I. The molecule has 7 heteroatoms. The molecule has 1 aromatic carbocycles. The molecule has 2 N–H and O–H groups in total. The van der Waals surface area contributed by atoms with E-state index in [9.17, 15) is 4.79 Å². The summed E-state index contributed by atoms with van der Waals surface area (Å²) < 4.78 is 0. The zero-order chi connectivity index (χ0) is 17.6. The van der Waals surface area contributed by atoms with Gasteiger partial charge < -0.3 is 15.5 Å². The predicted octanol–water partition coefficient (Wildman–Crippen LogP) is 3.02. The molecule has 1 aliphatic carbocycles. The molecule has 5 nitrogen and oxygen atoms in total. The minimum absolute atomic E-state index is 0. The molecule has 0 aliphatic heterocycles. The van der Waals surface area contributed by atoms with Gasteiger partial charge in [0.15, 0.2) is 5.96 Å². The van der Waals surface area contributed by atoms with Gasteiger partial charge in [0.05, 0.1) is 0 Å². The van der Waals surface area contributed by atoms with Crippen LogP contribution in [-0.2, 0) is 10.2 Å². The summed E-state index contributed by atoms with van der Waals surface area (Å²) in [4.78, 5) is 17.7. The first kappa shape index (κ1) is 22.0. The number of nitrogens with zero attached hydrogens (tertiary/aromatic N) is 2. The van der Waals surface area contributed by atoms with Crippen LogP contribution in [0.4, 0.5) is 0 Å². The molecule has 0 atom stereocenters. The van der Waals surface area contributed by atoms with Crippen LogP contribution >= 0.6 is 35.6 Å². The molecule has 2 rings (SSSR count). The van der Waals surface area contributed by atoms with E-state index in [0.29, 0.717) is 5.96 Å². The molecule has 25 heavy (non-hydrogen) atoms.